The number of rotatable bonds is 5. The third kappa shape index (κ3) is 4.74. The van der Waals surface area contributed by atoms with Gasteiger partial charge in [0, 0.05) is 30.4 Å². The zero-order valence-corrected chi connectivity index (χ0v) is 13.3. The van der Waals surface area contributed by atoms with E-state index in [1.54, 1.807) is 12.0 Å². The van der Waals surface area contributed by atoms with E-state index in [0.717, 1.165) is 38.2 Å². The van der Waals surface area contributed by atoms with Gasteiger partial charge in [0.1, 0.15) is 12.3 Å². The molecule has 0 saturated carbocycles. The van der Waals surface area contributed by atoms with Crippen molar-refractivity contribution >= 4 is 5.91 Å². The molecule has 116 valence electrons. The van der Waals surface area contributed by atoms with Crippen molar-refractivity contribution in [1.82, 2.24) is 5.32 Å². The van der Waals surface area contributed by atoms with Gasteiger partial charge in [-0.2, -0.15) is 0 Å². The Balaban J connectivity index is 1.82. The topological polar surface area (TPSA) is 42.8 Å². The number of carbonyl (C=O) groups excluding carboxylic acids is 1. The molecule has 1 amide bonds. The van der Waals surface area contributed by atoms with Crippen molar-refractivity contribution in [3.8, 4) is 5.75 Å². The molecule has 0 unspecified atom stereocenters. The van der Waals surface area contributed by atoms with Crippen molar-refractivity contribution < 1.29 is 14.4 Å². The van der Waals surface area contributed by atoms with Crippen LogP contribution in [0.1, 0.15) is 32.3 Å². The first-order valence-corrected chi connectivity index (χ1v) is 7.85. The summed E-state index contributed by atoms with van der Waals surface area (Å²) in [7, 11) is 1.70. The summed E-state index contributed by atoms with van der Waals surface area (Å²) in [5, 5.41) is 3.03. The van der Waals surface area contributed by atoms with Crippen LogP contribution in [0, 0.1) is 5.92 Å². The number of quaternary nitrogens is 1. The van der Waals surface area contributed by atoms with Crippen LogP contribution >= 0.6 is 0 Å². The Hall–Kier alpha value is -1.55. The van der Waals surface area contributed by atoms with E-state index in [4.69, 9.17) is 4.74 Å². The maximum Gasteiger partial charge on any atom is 0.223 e. The third-order valence-corrected chi connectivity index (χ3v) is 4.08. The van der Waals surface area contributed by atoms with E-state index in [1.807, 2.05) is 26.0 Å². The van der Waals surface area contributed by atoms with Crippen LogP contribution in [-0.4, -0.2) is 32.1 Å². The number of piperidine rings is 1. The highest BCUT2D eigenvalue weighted by Crippen LogP contribution is 2.13. The molecule has 0 radical (unpaired) electrons. The molecule has 1 aromatic carbocycles. The lowest BCUT2D eigenvalue weighted by Crippen LogP contribution is -3.11. The maximum absolute atomic E-state index is 12.0. The van der Waals surface area contributed by atoms with Gasteiger partial charge in [-0.1, -0.05) is 12.1 Å². The van der Waals surface area contributed by atoms with Gasteiger partial charge in [-0.3, -0.25) is 4.79 Å². The summed E-state index contributed by atoms with van der Waals surface area (Å²) >= 11 is 0. The fourth-order valence-corrected chi connectivity index (χ4v) is 2.94. The Morgan fingerprint density at radius 2 is 2.10 bits per heavy atom. The molecule has 2 rings (SSSR count). The second-order valence-electron chi connectivity index (χ2n) is 6.22. The molecule has 0 aromatic heterocycles. The van der Waals surface area contributed by atoms with Crippen molar-refractivity contribution in [2.45, 2.75) is 39.3 Å². The van der Waals surface area contributed by atoms with Crippen molar-refractivity contribution in [1.29, 1.82) is 0 Å². The molecule has 1 aliphatic rings. The Morgan fingerprint density at radius 3 is 2.71 bits per heavy atom. The highest BCUT2D eigenvalue weighted by atomic mass is 16.5. The van der Waals surface area contributed by atoms with E-state index < -0.39 is 0 Å². The van der Waals surface area contributed by atoms with Gasteiger partial charge >= 0.3 is 0 Å². The Morgan fingerprint density at radius 1 is 1.38 bits per heavy atom. The molecule has 1 aliphatic heterocycles. The monoisotopic (exact) mass is 291 g/mol. The largest absolute Gasteiger partial charge is 0.497 e. The zero-order chi connectivity index (χ0) is 15.2. The number of nitrogens with one attached hydrogen (secondary N) is 2. The zero-order valence-electron chi connectivity index (χ0n) is 13.3. The molecule has 2 N–H and O–H groups in total. The second-order valence-corrected chi connectivity index (χ2v) is 6.22. The number of ether oxygens (including phenoxy) is 1. The first kappa shape index (κ1) is 15.8. The van der Waals surface area contributed by atoms with Gasteiger partial charge in [-0.15, -0.1) is 0 Å². The molecule has 4 heteroatoms. The Labute approximate surface area is 127 Å². The van der Waals surface area contributed by atoms with Crippen LogP contribution in [0.25, 0.3) is 0 Å². The normalized spacial score (nSPS) is 22.1. The van der Waals surface area contributed by atoms with E-state index in [-0.39, 0.29) is 17.9 Å². The van der Waals surface area contributed by atoms with Gasteiger partial charge in [-0.05, 0) is 26.0 Å². The highest BCUT2D eigenvalue weighted by molar-refractivity contribution is 5.78. The standard InChI is InChI=1S/C17H26N2O2/c1-13(2)18-17(20)15-7-9-19(10-8-15)12-14-5-4-6-16(11-14)21-3/h4-6,11,13,15H,7-10,12H2,1-3H3,(H,18,20)/p+1. The molecule has 0 atom stereocenters. The van der Waals surface area contributed by atoms with Crippen LogP contribution in [0.5, 0.6) is 5.75 Å². The minimum atomic E-state index is 0.196. The van der Waals surface area contributed by atoms with Crippen LogP contribution in [0.3, 0.4) is 0 Å². The minimum Gasteiger partial charge on any atom is -0.497 e. The molecule has 0 bridgehead atoms. The van der Waals surface area contributed by atoms with Crippen molar-refractivity contribution in [2.75, 3.05) is 20.2 Å². The van der Waals surface area contributed by atoms with Crippen molar-refractivity contribution in [2.24, 2.45) is 5.92 Å². The van der Waals surface area contributed by atoms with E-state index >= 15 is 0 Å². The van der Waals surface area contributed by atoms with E-state index in [1.165, 1.54) is 5.56 Å². The van der Waals surface area contributed by atoms with Crippen molar-refractivity contribution in [3.05, 3.63) is 29.8 Å². The quantitative estimate of drug-likeness (QED) is 0.850. The van der Waals surface area contributed by atoms with E-state index in [2.05, 4.69) is 17.4 Å². The number of hydrogen-bond acceptors (Lipinski definition) is 2. The molecule has 4 nitrogen and oxygen atoms in total. The van der Waals surface area contributed by atoms with Gasteiger partial charge in [-0.25, -0.2) is 0 Å². The van der Waals surface area contributed by atoms with Gasteiger partial charge in [0.2, 0.25) is 5.91 Å². The summed E-state index contributed by atoms with van der Waals surface area (Å²) < 4.78 is 5.27. The molecule has 0 aliphatic carbocycles. The van der Waals surface area contributed by atoms with Crippen LogP contribution in [0.15, 0.2) is 24.3 Å². The number of likely N-dealkylation sites (tertiary alicyclic amines) is 1. The third-order valence-electron chi connectivity index (χ3n) is 4.08. The number of amides is 1. The first-order valence-electron chi connectivity index (χ1n) is 7.85. The lowest BCUT2D eigenvalue weighted by molar-refractivity contribution is -0.919. The number of carbonyl (C=O) groups is 1. The SMILES string of the molecule is COc1cccc(C[NH+]2CCC(C(=O)NC(C)C)CC2)c1. The molecule has 1 fully saturated rings. The summed E-state index contributed by atoms with van der Waals surface area (Å²) in [6.45, 7) is 7.17. The lowest BCUT2D eigenvalue weighted by Gasteiger charge is -2.29. The lowest BCUT2D eigenvalue weighted by atomic mass is 9.95. The highest BCUT2D eigenvalue weighted by Gasteiger charge is 2.27. The average molecular weight is 291 g/mol. The molecular formula is C17H27N2O2+. The predicted octanol–water partition coefficient (Wildman–Crippen LogP) is 1.01. The molecule has 21 heavy (non-hydrogen) atoms. The van der Waals surface area contributed by atoms with Crippen LogP contribution in [0.2, 0.25) is 0 Å². The number of methoxy groups -OCH3 is 1. The smallest absolute Gasteiger partial charge is 0.223 e. The summed E-state index contributed by atoms with van der Waals surface area (Å²) in [6, 6.07) is 8.50. The van der Waals surface area contributed by atoms with E-state index in [0.29, 0.717) is 0 Å². The summed E-state index contributed by atoms with van der Waals surface area (Å²) in [5.74, 6) is 1.34. The van der Waals surface area contributed by atoms with Crippen LogP contribution < -0.4 is 15.0 Å². The fraction of sp³-hybridized carbons (Fsp3) is 0.588. The maximum atomic E-state index is 12.0. The van der Waals surface area contributed by atoms with Crippen molar-refractivity contribution in [3.63, 3.8) is 0 Å². The number of hydrogen-bond donors (Lipinski definition) is 2. The fourth-order valence-electron chi connectivity index (χ4n) is 2.94. The molecule has 1 heterocycles. The Bertz CT molecular complexity index is 466. The van der Waals surface area contributed by atoms with Crippen LogP contribution in [-0.2, 0) is 11.3 Å². The van der Waals surface area contributed by atoms with Gasteiger partial charge in [0.15, 0.2) is 0 Å². The minimum absolute atomic E-state index is 0.196. The second kappa shape index (κ2) is 7.46. The Kier molecular flexibility index (Phi) is 5.62. The molecule has 1 saturated heterocycles. The van der Waals surface area contributed by atoms with Gasteiger partial charge < -0.3 is 15.0 Å². The average Bonchev–Trinajstić information content (AvgIpc) is 2.47. The van der Waals surface area contributed by atoms with Crippen LogP contribution in [0.4, 0.5) is 0 Å². The molecular weight excluding hydrogens is 264 g/mol. The summed E-state index contributed by atoms with van der Waals surface area (Å²) in [4.78, 5) is 13.6. The predicted molar refractivity (Wildman–Crippen MR) is 83.4 cm³/mol. The van der Waals surface area contributed by atoms with Gasteiger partial charge in [0.05, 0.1) is 20.2 Å². The van der Waals surface area contributed by atoms with Gasteiger partial charge in [0.25, 0.3) is 0 Å². The number of benzene rings is 1. The molecule has 1 aromatic rings. The summed E-state index contributed by atoms with van der Waals surface area (Å²) in [6.07, 6.45) is 1.97. The summed E-state index contributed by atoms with van der Waals surface area (Å²) in [5.41, 5.74) is 1.30. The first-order chi connectivity index (χ1) is 10.1. The van der Waals surface area contributed by atoms with E-state index in [9.17, 15) is 4.79 Å². The molecule has 0 spiro atoms.